The molecule has 0 saturated heterocycles. The molecular weight excluding hydrogens is 298 g/mol. The van der Waals surface area contributed by atoms with Crippen LogP contribution in [0.15, 0.2) is 48.5 Å². The van der Waals surface area contributed by atoms with Gasteiger partial charge in [0.05, 0.1) is 11.0 Å². The van der Waals surface area contributed by atoms with Crippen molar-refractivity contribution in [2.75, 3.05) is 5.32 Å². The summed E-state index contributed by atoms with van der Waals surface area (Å²) < 4.78 is 2.10. The van der Waals surface area contributed by atoms with E-state index in [4.69, 9.17) is 4.98 Å². The van der Waals surface area contributed by atoms with Gasteiger partial charge in [-0.2, -0.15) is 0 Å². The summed E-state index contributed by atoms with van der Waals surface area (Å²) in [6.45, 7) is 0. The molecule has 3 aromatic rings. The number of benzene rings is 2. The van der Waals surface area contributed by atoms with E-state index in [1.165, 1.54) is 12.8 Å². The zero-order chi connectivity index (χ0) is 16.5. The Hall–Kier alpha value is -2.62. The van der Waals surface area contributed by atoms with Gasteiger partial charge >= 0.3 is 0 Å². The van der Waals surface area contributed by atoms with E-state index in [0.29, 0.717) is 0 Å². The molecule has 24 heavy (non-hydrogen) atoms. The highest BCUT2D eigenvalue weighted by Crippen LogP contribution is 2.27. The average Bonchev–Trinajstić information content (AvgIpc) is 3.25. The minimum Gasteiger partial charge on any atom is -0.327 e. The predicted molar refractivity (Wildman–Crippen MR) is 96.7 cm³/mol. The molecule has 1 aliphatic rings. The number of rotatable bonds is 3. The number of carbonyl (C=O) groups is 1. The molecule has 0 aliphatic heterocycles. The van der Waals surface area contributed by atoms with Crippen LogP contribution >= 0.6 is 0 Å². The molecule has 1 aromatic heterocycles. The zero-order valence-corrected chi connectivity index (χ0v) is 13.8. The fourth-order valence-electron chi connectivity index (χ4n) is 3.54. The molecule has 0 atom stereocenters. The van der Waals surface area contributed by atoms with Crippen molar-refractivity contribution in [3.63, 3.8) is 0 Å². The van der Waals surface area contributed by atoms with Gasteiger partial charge in [-0.15, -0.1) is 0 Å². The molecule has 1 fully saturated rings. The van der Waals surface area contributed by atoms with Crippen LogP contribution in [0.2, 0.25) is 0 Å². The fraction of sp³-hybridized carbons (Fsp3) is 0.300. The molecule has 1 amide bonds. The lowest BCUT2D eigenvalue weighted by Crippen LogP contribution is -2.20. The number of aromatic nitrogens is 2. The Balaban J connectivity index is 1.56. The molecule has 0 radical (unpaired) electrons. The van der Waals surface area contributed by atoms with Crippen LogP contribution in [0, 0.1) is 5.92 Å². The largest absolute Gasteiger partial charge is 0.327 e. The van der Waals surface area contributed by atoms with Gasteiger partial charge in [-0.05, 0) is 49.2 Å². The van der Waals surface area contributed by atoms with E-state index in [2.05, 4.69) is 16.0 Å². The van der Waals surface area contributed by atoms with Crippen LogP contribution in [0.4, 0.5) is 5.69 Å². The Morgan fingerprint density at radius 1 is 1.08 bits per heavy atom. The molecule has 122 valence electrons. The Bertz CT molecular complexity index is 874. The third-order valence-electron chi connectivity index (χ3n) is 4.92. The number of carbonyl (C=O) groups excluding carboxylic acids is 1. The molecule has 4 heteroatoms. The maximum Gasteiger partial charge on any atom is 0.227 e. The predicted octanol–water partition coefficient (Wildman–Crippen LogP) is 4.37. The van der Waals surface area contributed by atoms with Crippen molar-refractivity contribution >= 4 is 22.6 Å². The highest BCUT2D eigenvalue weighted by Gasteiger charge is 2.22. The van der Waals surface area contributed by atoms with Crippen molar-refractivity contribution in [3.05, 3.63) is 48.5 Å². The second-order valence-electron chi connectivity index (χ2n) is 6.53. The first-order valence-electron chi connectivity index (χ1n) is 8.55. The smallest absolute Gasteiger partial charge is 0.227 e. The minimum atomic E-state index is 0.156. The number of para-hydroxylation sites is 2. The number of hydrogen-bond donors (Lipinski definition) is 1. The summed E-state index contributed by atoms with van der Waals surface area (Å²) in [7, 11) is 2.03. The first-order valence-corrected chi connectivity index (χ1v) is 8.55. The second-order valence-corrected chi connectivity index (χ2v) is 6.53. The Kier molecular flexibility index (Phi) is 3.81. The topological polar surface area (TPSA) is 46.9 Å². The fourth-order valence-corrected chi connectivity index (χ4v) is 3.54. The number of fused-ring (bicyclic) bond motifs is 1. The monoisotopic (exact) mass is 319 g/mol. The summed E-state index contributed by atoms with van der Waals surface area (Å²) >= 11 is 0. The second kappa shape index (κ2) is 6.11. The zero-order valence-electron chi connectivity index (χ0n) is 13.8. The Morgan fingerprint density at radius 2 is 1.79 bits per heavy atom. The van der Waals surface area contributed by atoms with Gasteiger partial charge in [0, 0.05) is 24.2 Å². The molecule has 1 saturated carbocycles. The van der Waals surface area contributed by atoms with Gasteiger partial charge in [-0.3, -0.25) is 4.79 Å². The highest BCUT2D eigenvalue weighted by atomic mass is 16.1. The quantitative estimate of drug-likeness (QED) is 0.779. The normalized spacial score (nSPS) is 15.0. The molecule has 4 nitrogen and oxygen atoms in total. The molecule has 0 unspecified atom stereocenters. The first kappa shape index (κ1) is 14.9. The van der Waals surface area contributed by atoms with Crippen molar-refractivity contribution in [1.29, 1.82) is 0 Å². The third kappa shape index (κ3) is 2.68. The van der Waals surface area contributed by atoms with Crippen LogP contribution in [0.3, 0.4) is 0 Å². The molecule has 1 heterocycles. The van der Waals surface area contributed by atoms with Crippen LogP contribution in [0.25, 0.3) is 22.4 Å². The SMILES string of the molecule is Cn1c(-c2ccc(NC(=O)C3CCCC3)cc2)nc2ccccc21. The van der Waals surface area contributed by atoms with Gasteiger partial charge in [0.15, 0.2) is 0 Å². The van der Waals surface area contributed by atoms with Crippen molar-refractivity contribution in [3.8, 4) is 11.4 Å². The molecule has 0 spiro atoms. The lowest BCUT2D eigenvalue weighted by atomic mass is 10.1. The summed E-state index contributed by atoms with van der Waals surface area (Å²) in [6, 6.07) is 16.1. The number of aryl methyl sites for hydroxylation is 1. The van der Waals surface area contributed by atoms with E-state index in [0.717, 1.165) is 41.0 Å². The minimum absolute atomic E-state index is 0.156. The lowest BCUT2D eigenvalue weighted by Gasteiger charge is -2.11. The van der Waals surface area contributed by atoms with E-state index in [9.17, 15) is 4.79 Å². The summed E-state index contributed by atoms with van der Waals surface area (Å²) in [4.78, 5) is 16.9. The molecule has 1 aliphatic carbocycles. The van der Waals surface area contributed by atoms with E-state index in [-0.39, 0.29) is 11.8 Å². The summed E-state index contributed by atoms with van der Waals surface area (Å²) in [5, 5.41) is 3.04. The van der Waals surface area contributed by atoms with Crippen LogP contribution < -0.4 is 5.32 Å². The number of hydrogen-bond acceptors (Lipinski definition) is 2. The van der Waals surface area contributed by atoms with Crippen molar-refractivity contribution < 1.29 is 4.79 Å². The van der Waals surface area contributed by atoms with Crippen molar-refractivity contribution in [2.24, 2.45) is 13.0 Å². The van der Waals surface area contributed by atoms with Gasteiger partial charge in [-0.1, -0.05) is 25.0 Å². The summed E-state index contributed by atoms with van der Waals surface area (Å²) in [6.07, 6.45) is 4.38. The summed E-state index contributed by atoms with van der Waals surface area (Å²) in [5.41, 5.74) is 4.02. The lowest BCUT2D eigenvalue weighted by molar-refractivity contribution is -0.119. The molecule has 0 bridgehead atoms. The van der Waals surface area contributed by atoms with Crippen LogP contribution in [0.1, 0.15) is 25.7 Å². The van der Waals surface area contributed by atoms with Gasteiger partial charge in [0.25, 0.3) is 0 Å². The average molecular weight is 319 g/mol. The number of nitrogens with one attached hydrogen (secondary N) is 1. The standard InChI is InChI=1S/C20H21N3O/c1-23-18-9-5-4-8-17(18)22-19(23)14-10-12-16(13-11-14)21-20(24)15-6-2-3-7-15/h4-5,8-13,15H,2-3,6-7H2,1H3,(H,21,24). The maximum atomic E-state index is 12.2. The molecule has 1 N–H and O–H groups in total. The first-order chi connectivity index (χ1) is 11.7. The highest BCUT2D eigenvalue weighted by molar-refractivity contribution is 5.93. The Morgan fingerprint density at radius 3 is 2.50 bits per heavy atom. The third-order valence-corrected chi connectivity index (χ3v) is 4.92. The molecule has 2 aromatic carbocycles. The van der Waals surface area contributed by atoms with E-state index in [1.54, 1.807) is 0 Å². The van der Waals surface area contributed by atoms with Crippen molar-refractivity contribution in [1.82, 2.24) is 9.55 Å². The van der Waals surface area contributed by atoms with E-state index >= 15 is 0 Å². The summed E-state index contributed by atoms with van der Waals surface area (Å²) in [5.74, 6) is 1.28. The number of nitrogens with zero attached hydrogens (tertiary/aromatic N) is 2. The molecular formula is C20H21N3O. The van der Waals surface area contributed by atoms with E-state index < -0.39 is 0 Å². The number of amides is 1. The maximum absolute atomic E-state index is 12.2. The number of imidazole rings is 1. The molecule has 4 rings (SSSR count). The van der Waals surface area contributed by atoms with Crippen LogP contribution in [0.5, 0.6) is 0 Å². The van der Waals surface area contributed by atoms with Gasteiger partial charge < -0.3 is 9.88 Å². The van der Waals surface area contributed by atoms with E-state index in [1.807, 2.05) is 49.5 Å². The van der Waals surface area contributed by atoms with Gasteiger partial charge in [0.1, 0.15) is 5.82 Å². The van der Waals surface area contributed by atoms with Crippen molar-refractivity contribution in [2.45, 2.75) is 25.7 Å². The van der Waals surface area contributed by atoms with Crippen LogP contribution in [-0.4, -0.2) is 15.5 Å². The Labute approximate surface area is 141 Å². The van der Waals surface area contributed by atoms with Crippen LogP contribution in [-0.2, 0) is 11.8 Å². The number of anilines is 1. The van der Waals surface area contributed by atoms with Gasteiger partial charge in [-0.25, -0.2) is 4.98 Å². The van der Waals surface area contributed by atoms with Gasteiger partial charge in [0.2, 0.25) is 5.91 Å².